The van der Waals surface area contributed by atoms with Crippen molar-refractivity contribution in [1.82, 2.24) is 35.5 Å². The Hall–Kier alpha value is -2.25. The number of rotatable bonds is 3. The normalized spacial score (nSPS) is 12.4. The molecule has 0 aliphatic carbocycles. The lowest BCUT2D eigenvalue weighted by molar-refractivity contribution is 0.0930. The van der Waals surface area contributed by atoms with E-state index in [9.17, 15) is 4.79 Å². The van der Waals surface area contributed by atoms with E-state index in [0.29, 0.717) is 11.5 Å². The zero-order valence-corrected chi connectivity index (χ0v) is 8.88. The summed E-state index contributed by atoms with van der Waals surface area (Å²) in [6.07, 6.45) is 3.06. The van der Waals surface area contributed by atoms with Gasteiger partial charge in [-0.1, -0.05) is 5.21 Å². The van der Waals surface area contributed by atoms with Crippen LogP contribution in [0.2, 0.25) is 0 Å². The summed E-state index contributed by atoms with van der Waals surface area (Å²) in [5.41, 5.74) is 0.482. The summed E-state index contributed by atoms with van der Waals surface area (Å²) in [5, 5.41) is 16.1. The topological polar surface area (TPSA) is 101 Å². The van der Waals surface area contributed by atoms with E-state index in [2.05, 4.69) is 30.9 Å². The van der Waals surface area contributed by atoms with Crippen LogP contribution in [-0.4, -0.2) is 36.1 Å². The second-order valence-electron chi connectivity index (χ2n) is 3.35. The van der Waals surface area contributed by atoms with Crippen molar-refractivity contribution in [3.05, 3.63) is 24.0 Å². The van der Waals surface area contributed by atoms with E-state index >= 15 is 0 Å². The van der Waals surface area contributed by atoms with E-state index in [4.69, 9.17) is 0 Å². The Bertz CT molecular complexity index is 474. The maximum Gasteiger partial charge on any atom is 0.270 e. The minimum atomic E-state index is -0.304. The lowest BCUT2D eigenvalue weighted by atomic mass is 10.3. The van der Waals surface area contributed by atoms with Gasteiger partial charge in [0, 0.05) is 7.05 Å². The molecule has 0 saturated carbocycles. The number of tetrazole rings is 1. The van der Waals surface area contributed by atoms with E-state index in [1.807, 2.05) is 0 Å². The van der Waals surface area contributed by atoms with Crippen molar-refractivity contribution in [2.24, 2.45) is 7.05 Å². The molecule has 8 nitrogen and oxygen atoms in total. The van der Waals surface area contributed by atoms with Crippen LogP contribution in [-0.2, 0) is 7.05 Å². The van der Waals surface area contributed by atoms with Crippen molar-refractivity contribution in [3.63, 3.8) is 0 Å². The number of hydrogen-bond acceptors (Lipinski definition) is 5. The van der Waals surface area contributed by atoms with E-state index in [0.717, 1.165) is 0 Å². The van der Waals surface area contributed by atoms with Crippen LogP contribution in [0, 0.1) is 0 Å². The Morgan fingerprint density at radius 3 is 3.00 bits per heavy atom. The molecule has 8 heteroatoms. The first-order chi connectivity index (χ1) is 7.68. The number of imidazole rings is 1. The Morgan fingerprint density at radius 1 is 1.62 bits per heavy atom. The van der Waals surface area contributed by atoms with E-state index in [1.54, 1.807) is 24.9 Å². The van der Waals surface area contributed by atoms with Crippen LogP contribution >= 0.6 is 0 Å². The number of nitrogens with zero attached hydrogens (tertiary/aromatic N) is 5. The monoisotopic (exact) mass is 221 g/mol. The number of hydrogen-bond donors (Lipinski definition) is 2. The summed E-state index contributed by atoms with van der Waals surface area (Å²) >= 11 is 0. The molecule has 2 rings (SSSR count). The molecule has 2 N–H and O–H groups in total. The zero-order valence-electron chi connectivity index (χ0n) is 8.88. The van der Waals surface area contributed by atoms with Crippen molar-refractivity contribution in [2.75, 3.05) is 0 Å². The van der Waals surface area contributed by atoms with E-state index in [-0.39, 0.29) is 11.9 Å². The fraction of sp³-hybridized carbons (Fsp3) is 0.375. The first-order valence-corrected chi connectivity index (χ1v) is 4.69. The standard InChI is InChI=1S/C8H11N7O/c1-5(7-11-13-14-12-7)10-8(16)6-3-9-4-15(6)2/h3-5H,1-2H3,(H,10,16)(H,11,12,13,14). The summed E-state index contributed by atoms with van der Waals surface area (Å²) in [4.78, 5) is 15.6. The number of nitrogens with one attached hydrogen (secondary N) is 2. The second-order valence-corrected chi connectivity index (χ2v) is 3.35. The minimum absolute atomic E-state index is 0.225. The highest BCUT2D eigenvalue weighted by molar-refractivity contribution is 5.92. The zero-order chi connectivity index (χ0) is 11.5. The quantitative estimate of drug-likeness (QED) is 0.722. The van der Waals surface area contributed by atoms with Crippen LogP contribution in [0.15, 0.2) is 12.5 Å². The second kappa shape index (κ2) is 4.09. The number of carbonyl (C=O) groups excluding carboxylic acids is 1. The number of aryl methyl sites for hydroxylation is 1. The van der Waals surface area contributed by atoms with Crippen LogP contribution in [0.25, 0.3) is 0 Å². The van der Waals surface area contributed by atoms with Crippen molar-refractivity contribution in [1.29, 1.82) is 0 Å². The molecule has 0 bridgehead atoms. The van der Waals surface area contributed by atoms with Gasteiger partial charge in [0.1, 0.15) is 5.69 Å². The van der Waals surface area contributed by atoms with E-state index in [1.165, 1.54) is 6.20 Å². The Labute approximate surface area is 91.1 Å². The van der Waals surface area contributed by atoms with Gasteiger partial charge in [0.15, 0.2) is 5.82 Å². The molecule has 16 heavy (non-hydrogen) atoms. The van der Waals surface area contributed by atoms with Gasteiger partial charge in [0.05, 0.1) is 18.6 Å². The lowest BCUT2D eigenvalue weighted by Gasteiger charge is -2.09. The van der Waals surface area contributed by atoms with Gasteiger partial charge in [-0.3, -0.25) is 4.79 Å². The summed E-state index contributed by atoms with van der Waals surface area (Å²) < 4.78 is 1.64. The van der Waals surface area contributed by atoms with Gasteiger partial charge in [-0.05, 0) is 6.92 Å². The molecule has 0 aliphatic heterocycles. The molecule has 2 aromatic rings. The maximum absolute atomic E-state index is 11.8. The molecule has 0 saturated heterocycles. The van der Waals surface area contributed by atoms with Crippen LogP contribution in [0.4, 0.5) is 0 Å². The third-order valence-electron chi connectivity index (χ3n) is 2.15. The smallest absolute Gasteiger partial charge is 0.270 e. The van der Waals surface area contributed by atoms with Gasteiger partial charge in [0.2, 0.25) is 0 Å². The van der Waals surface area contributed by atoms with E-state index < -0.39 is 0 Å². The van der Waals surface area contributed by atoms with Gasteiger partial charge in [-0.2, -0.15) is 5.21 Å². The molecule has 0 fully saturated rings. The van der Waals surface area contributed by atoms with Crippen molar-refractivity contribution >= 4 is 5.91 Å². The molecule has 2 aromatic heterocycles. The first kappa shape index (κ1) is 10.3. The van der Waals surface area contributed by atoms with Crippen molar-refractivity contribution < 1.29 is 4.79 Å². The Kier molecular flexibility index (Phi) is 2.63. The molecule has 2 heterocycles. The predicted octanol–water partition coefficient (Wildman–Crippen LogP) is -0.576. The van der Waals surface area contributed by atoms with Crippen LogP contribution in [0.5, 0.6) is 0 Å². The number of carbonyl (C=O) groups is 1. The largest absolute Gasteiger partial charge is 0.341 e. The number of aromatic nitrogens is 6. The molecular weight excluding hydrogens is 210 g/mol. The molecular formula is C8H11N7O. The average Bonchev–Trinajstić information content (AvgIpc) is 2.86. The first-order valence-electron chi connectivity index (χ1n) is 4.69. The highest BCUT2D eigenvalue weighted by atomic mass is 16.2. The highest BCUT2D eigenvalue weighted by Gasteiger charge is 2.16. The van der Waals surface area contributed by atoms with Crippen LogP contribution in [0.3, 0.4) is 0 Å². The number of amides is 1. The van der Waals surface area contributed by atoms with Gasteiger partial charge < -0.3 is 9.88 Å². The average molecular weight is 221 g/mol. The molecule has 1 unspecified atom stereocenters. The minimum Gasteiger partial charge on any atom is -0.341 e. The maximum atomic E-state index is 11.8. The Balaban J connectivity index is 2.06. The molecule has 84 valence electrons. The molecule has 0 aromatic carbocycles. The lowest BCUT2D eigenvalue weighted by Crippen LogP contribution is -2.28. The van der Waals surface area contributed by atoms with Gasteiger partial charge in [-0.25, -0.2) is 4.98 Å². The van der Waals surface area contributed by atoms with Gasteiger partial charge in [-0.15, -0.1) is 10.2 Å². The van der Waals surface area contributed by atoms with Gasteiger partial charge >= 0.3 is 0 Å². The third-order valence-corrected chi connectivity index (χ3v) is 2.15. The summed E-state index contributed by atoms with van der Waals surface area (Å²) in [6, 6.07) is -0.304. The number of aromatic amines is 1. The fourth-order valence-corrected chi connectivity index (χ4v) is 1.26. The van der Waals surface area contributed by atoms with Crippen LogP contribution < -0.4 is 5.32 Å². The summed E-state index contributed by atoms with van der Waals surface area (Å²) in [5.74, 6) is 0.216. The third kappa shape index (κ3) is 1.90. The molecule has 1 amide bonds. The van der Waals surface area contributed by atoms with Crippen LogP contribution in [0.1, 0.15) is 29.3 Å². The predicted molar refractivity (Wildman–Crippen MR) is 53.3 cm³/mol. The summed E-state index contributed by atoms with van der Waals surface area (Å²) in [6.45, 7) is 1.78. The number of H-pyrrole nitrogens is 1. The molecule has 0 aliphatic rings. The van der Waals surface area contributed by atoms with Crippen molar-refractivity contribution in [2.45, 2.75) is 13.0 Å². The summed E-state index contributed by atoms with van der Waals surface area (Å²) in [7, 11) is 1.75. The molecule has 0 spiro atoms. The molecule has 1 atom stereocenters. The molecule has 0 radical (unpaired) electrons. The van der Waals surface area contributed by atoms with Gasteiger partial charge in [0.25, 0.3) is 5.91 Å². The highest BCUT2D eigenvalue weighted by Crippen LogP contribution is 2.05. The SMILES string of the molecule is CC(NC(=O)c1cncn1C)c1nn[nH]n1. The Morgan fingerprint density at radius 2 is 2.44 bits per heavy atom. The fourth-order valence-electron chi connectivity index (χ4n) is 1.26. The van der Waals surface area contributed by atoms with Crippen molar-refractivity contribution in [3.8, 4) is 0 Å².